The monoisotopic (exact) mass is 327 g/mol. The molecule has 0 amide bonds. The highest BCUT2D eigenvalue weighted by Crippen LogP contribution is 2.27. The molecular formula is C15H21NO5S. The molecule has 1 aromatic rings. The van der Waals surface area contributed by atoms with Gasteiger partial charge < -0.3 is 9.47 Å². The Morgan fingerprint density at radius 3 is 2.77 bits per heavy atom. The molecule has 2 rings (SSSR count). The molecule has 1 aliphatic rings. The topological polar surface area (TPSA) is 81.7 Å². The largest absolute Gasteiger partial charge is 0.493 e. The molecule has 1 heterocycles. The lowest BCUT2D eigenvalue weighted by molar-refractivity contribution is -0.153. The van der Waals surface area contributed by atoms with Crippen molar-refractivity contribution in [2.45, 2.75) is 44.1 Å². The summed E-state index contributed by atoms with van der Waals surface area (Å²) < 4.78 is 37.2. The average molecular weight is 327 g/mol. The summed E-state index contributed by atoms with van der Waals surface area (Å²) in [5.41, 5.74) is 0.220. The van der Waals surface area contributed by atoms with Crippen molar-refractivity contribution in [2.75, 3.05) is 13.2 Å². The van der Waals surface area contributed by atoms with Crippen LogP contribution in [0.1, 0.15) is 32.8 Å². The molecule has 0 atom stereocenters. The van der Waals surface area contributed by atoms with Gasteiger partial charge in [-0.3, -0.25) is 4.79 Å². The first-order chi connectivity index (χ1) is 10.2. The quantitative estimate of drug-likeness (QED) is 0.850. The average Bonchev–Trinajstić information content (AvgIpc) is 2.43. The molecule has 22 heavy (non-hydrogen) atoms. The van der Waals surface area contributed by atoms with Crippen molar-refractivity contribution in [3.63, 3.8) is 0 Å². The van der Waals surface area contributed by atoms with Gasteiger partial charge in [0.15, 0.2) is 0 Å². The number of carbonyl (C=O) groups is 1. The van der Waals surface area contributed by atoms with Gasteiger partial charge in [0.05, 0.1) is 11.5 Å². The van der Waals surface area contributed by atoms with Crippen molar-refractivity contribution in [3.8, 4) is 5.75 Å². The number of ether oxygens (including phenoxy) is 2. The molecule has 6 nitrogen and oxygen atoms in total. The van der Waals surface area contributed by atoms with Gasteiger partial charge in [0.25, 0.3) is 0 Å². The third-order valence-electron chi connectivity index (χ3n) is 3.02. The van der Waals surface area contributed by atoms with Gasteiger partial charge in [-0.15, -0.1) is 0 Å². The normalized spacial score (nSPS) is 14.9. The summed E-state index contributed by atoms with van der Waals surface area (Å²) in [5, 5.41) is 0. The molecule has 0 saturated carbocycles. The number of fused-ring (bicyclic) bond motifs is 1. The first-order valence-corrected chi connectivity index (χ1v) is 8.63. The summed E-state index contributed by atoms with van der Waals surface area (Å²) in [4.78, 5) is 11.7. The second kappa shape index (κ2) is 6.26. The Bertz CT molecular complexity index is 661. The standard InChI is InChI=1S/C15H21NO5S/c1-15(2,3)21-14(17)10-16-22(18,19)12-6-7-13-11(9-12)5-4-8-20-13/h6-7,9,16H,4-5,8,10H2,1-3H3. The summed E-state index contributed by atoms with van der Waals surface area (Å²) in [6.07, 6.45) is 1.65. The first kappa shape index (κ1) is 16.8. The lowest BCUT2D eigenvalue weighted by Crippen LogP contribution is -2.34. The molecule has 0 fully saturated rings. The van der Waals surface area contributed by atoms with Gasteiger partial charge in [-0.2, -0.15) is 4.72 Å². The Morgan fingerprint density at radius 2 is 2.09 bits per heavy atom. The molecule has 0 spiro atoms. The van der Waals surface area contributed by atoms with Crippen molar-refractivity contribution in [3.05, 3.63) is 23.8 Å². The second-order valence-corrected chi connectivity index (χ2v) is 7.90. The number of aryl methyl sites for hydroxylation is 1. The van der Waals surface area contributed by atoms with E-state index in [1.54, 1.807) is 32.9 Å². The predicted octanol–water partition coefficient (Wildman–Crippen LogP) is 1.63. The summed E-state index contributed by atoms with van der Waals surface area (Å²) in [6, 6.07) is 4.71. The zero-order chi connectivity index (χ0) is 16.4. The van der Waals surface area contributed by atoms with E-state index in [1.807, 2.05) is 0 Å². The number of rotatable bonds is 4. The maximum absolute atomic E-state index is 12.2. The van der Waals surface area contributed by atoms with E-state index < -0.39 is 28.1 Å². The van der Waals surface area contributed by atoms with Crippen molar-refractivity contribution in [1.29, 1.82) is 0 Å². The highest BCUT2D eigenvalue weighted by atomic mass is 32.2. The van der Waals surface area contributed by atoms with Gasteiger partial charge in [-0.05, 0) is 57.4 Å². The van der Waals surface area contributed by atoms with E-state index in [0.717, 1.165) is 24.2 Å². The van der Waals surface area contributed by atoms with Gasteiger partial charge in [0.2, 0.25) is 10.0 Å². The van der Waals surface area contributed by atoms with Crippen molar-refractivity contribution < 1.29 is 22.7 Å². The van der Waals surface area contributed by atoms with Gasteiger partial charge in [-0.25, -0.2) is 8.42 Å². The van der Waals surface area contributed by atoms with Crippen molar-refractivity contribution in [2.24, 2.45) is 0 Å². The molecule has 1 aliphatic heterocycles. The number of nitrogens with one attached hydrogen (secondary N) is 1. The maximum Gasteiger partial charge on any atom is 0.321 e. The Balaban J connectivity index is 2.06. The van der Waals surface area contributed by atoms with Crippen LogP contribution in [0.4, 0.5) is 0 Å². The molecule has 0 aliphatic carbocycles. The van der Waals surface area contributed by atoms with E-state index in [1.165, 1.54) is 6.07 Å². The van der Waals surface area contributed by atoms with Crippen LogP contribution in [0, 0.1) is 0 Å². The van der Waals surface area contributed by atoms with Crippen LogP contribution in [0.3, 0.4) is 0 Å². The molecule has 0 saturated heterocycles. The third kappa shape index (κ3) is 4.45. The fourth-order valence-corrected chi connectivity index (χ4v) is 3.14. The van der Waals surface area contributed by atoms with Crippen LogP contribution in [0.25, 0.3) is 0 Å². The molecular weight excluding hydrogens is 306 g/mol. The smallest absolute Gasteiger partial charge is 0.321 e. The Hall–Kier alpha value is -1.60. The van der Waals surface area contributed by atoms with Crippen molar-refractivity contribution >= 4 is 16.0 Å². The van der Waals surface area contributed by atoms with E-state index in [-0.39, 0.29) is 4.90 Å². The minimum absolute atomic E-state index is 0.125. The van der Waals surface area contributed by atoms with Crippen LogP contribution in [-0.2, 0) is 26.0 Å². The lowest BCUT2D eigenvalue weighted by Gasteiger charge is -2.20. The van der Waals surface area contributed by atoms with Crippen LogP contribution in [-0.4, -0.2) is 33.1 Å². The lowest BCUT2D eigenvalue weighted by atomic mass is 10.1. The van der Waals surface area contributed by atoms with E-state index in [2.05, 4.69) is 4.72 Å². The minimum Gasteiger partial charge on any atom is -0.493 e. The highest BCUT2D eigenvalue weighted by molar-refractivity contribution is 7.89. The molecule has 0 aromatic heterocycles. The fourth-order valence-electron chi connectivity index (χ4n) is 2.12. The number of hydrogen-bond donors (Lipinski definition) is 1. The number of sulfonamides is 1. The molecule has 0 radical (unpaired) electrons. The number of benzene rings is 1. The van der Waals surface area contributed by atoms with Crippen molar-refractivity contribution in [1.82, 2.24) is 4.72 Å². The summed E-state index contributed by atoms with van der Waals surface area (Å²) in [6.45, 7) is 5.43. The van der Waals surface area contributed by atoms with Crippen LogP contribution >= 0.6 is 0 Å². The zero-order valence-electron chi connectivity index (χ0n) is 13.0. The number of carbonyl (C=O) groups excluding carboxylic acids is 1. The van der Waals surface area contributed by atoms with Crippen LogP contribution in [0.2, 0.25) is 0 Å². The first-order valence-electron chi connectivity index (χ1n) is 7.15. The van der Waals surface area contributed by atoms with Gasteiger partial charge in [-0.1, -0.05) is 0 Å². The third-order valence-corrected chi connectivity index (χ3v) is 4.42. The molecule has 0 bridgehead atoms. The minimum atomic E-state index is -3.75. The van der Waals surface area contributed by atoms with E-state index in [9.17, 15) is 13.2 Å². The van der Waals surface area contributed by atoms with E-state index >= 15 is 0 Å². The molecule has 1 aromatic carbocycles. The summed E-state index contributed by atoms with van der Waals surface area (Å²) >= 11 is 0. The molecule has 7 heteroatoms. The predicted molar refractivity (Wildman–Crippen MR) is 81.3 cm³/mol. The van der Waals surface area contributed by atoms with Gasteiger partial charge in [0, 0.05) is 0 Å². The van der Waals surface area contributed by atoms with Gasteiger partial charge >= 0.3 is 5.97 Å². The van der Waals surface area contributed by atoms with Crippen LogP contribution < -0.4 is 9.46 Å². The highest BCUT2D eigenvalue weighted by Gasteiger charge is 2.21. The number of esters is 1. The molecule has 0 unspecified atom stereocenters. The SMILES string of the molecule is CC(C)(C)OC(=O)CNS(=O)(=O)c1ccc2c(c1)CCCO2. The Labute approximate surface area is 130 Å². The number of hydrogen-bond acceptors (Lipinski definition) is 5. The fraction of sp³-hybridized carbons (Fsp3) is 0.533. The van der Waals surface area contributed by atoms with Crippen LogP contribution in [0.5, 0.6) is 5.75 Å². The van der Waals surface area contributed by atoms with Crippen LogP contribution in [0.15, 0.2) is 23.1 Å². The summed E-state index contributed by atoms with van der Waals surface area (Å²) in [7, 11) is -3.75. The summed E-state index contributed by atoms with van der Waals surface area (Å²) in [5.74, 6) is 0.106. The molecule has 1 N–H and O–H groups in total. The second-order valence-electron chi connectivity index (χ2n) is 6.13. The zero-order valence-corrected chi connectivity index (χ0v) is 13.8. The van der Waals surface area contributed by atoms with Gasteiger partial charge in [0.1, 0.15) is 17.9 Å². The Morgan fingerprint density at radius 1 is 1.36 bits per heavy atom. The van der Waals surface area contributed by atoms with E-state index in [0.29, 0.717) is 6.61 Å². The molecule has 122 valence electrons. The Kier molecular flexibility index (Phi) is 4.77. The maximum atomic E-state index is 12.2. The van der Waals surface area contributed by atoms with E-state index in [4.69, 9.17) is 9.47 Å².